The van der Waals surface area contributed by atoms with E-state index in [1.807, 2.05) is 0 Å². The Morgan fingerprint density at radius 3 is 2.73 bits per heavy atom. The Kier molecular flexibility index (Phi) is 6.78. The van der Waals surface area contributed by atoms with E-state index >= 15 is 0 Å². The first-order valence-electron chi connectivity index (χ1n) is 8.80. The standard InChI is InChI=1S/C19H18ClFN4O4S/c1-10-18(24-16(26)9-30-2)29-19(28)25(10)12-4-5-13(14(21)7-12)17(27)23-11-3-6-15(20)22-8-11/h3-8,10,18H,9H2,1-2H3,(H,23,27)(H,24,26)/t10?,18-/m0/s1. The number of nitrogens with zero attached hydrogens (tertiary/aromatic N) is 2. The molecule has 1 fully saturated rings. The van der Waals surface area contributed by atoms with Crippen molar-refractivity contribution in [1.29, 1.82) is 0 Å². The van der Waals surface area contributed by atoms with Crippen LogP contribution in [0, 0.1) is 5.82 Å². The minimum atomic E-state index is -0.861. The summed E-state index contributed by atoms with van der Waals surface area (Å²) in [6.07, 6.45) is 1.54. The molecule has 1 aromatic heterocycles. The highest BCUT2D eigenvalue weighted by molar-refractivity contribution is 7.99. The molecule has 2 aromatic rings. The maximum absolute atomic E-state index is 14.6. The Morgan fingerprint density at radius 2 is 2.10 bits per heavy atom. The van der Waals surface area contributed by atoms with E-state index in [2.05, 4.69) is 15.6 Å². The molecule has 0 aliphatic carbocycles. The number of thioether (sulfide) groups is 1. The summed E-state index contributed by atoms with van der Waals surface area (Å²) in [7, 11) is 0. The van der Waals surface area contributed by atoms with E-state index in [0.29, 0.717) is 5.69 Å². The molecule has 0 saturated carbocycles. The van der Waals surface area contributed by atoms with Gasteiger partial charge in [0.05, 0.1) is 34.9 Å². The number of hydrogen-bond donors (Lipinski definition) is 2. The highest BCUT2D eigenvalue weighted by Gasteiger charge is 2.40. The van der Waals surface area contributed by atoms with Gasteiger partial charge in [0.1, 0.15) is 11.0 Å². The summed E-state index contributed by atoms with van der Waals surface area (Å²) in [5.41, 5.74) is 0.350. The van der Waals surface area contributed by atoms with Gasteiger partial charge in [0.15, 0.2) is 6.23 Å². The normalized spacial score (nSPS) is 18.1. The van der Waals surface area contributed by atoms with Crippen LogP contribution < -0.4 is 15.5 Å². The summed E-state index contributed by atoms with van der Waals surface area (Å²) in [5.74, 6) is -1.55. The first-order valence-corrected chi connectivity index (χ1v) is 10.6. The van der Waals surface area contributed by atoms with E-state index in [4.69, 9.17) is 16.3 Å². The minimum Gasteiger partial charge on any atom is -0.423 e. The minimum absolute atomic E-state index is 0.205. The number of hydrogen-bond acceptors (Lipinski definition) is 6. The van der Waals surface area contributed by atoms with Gasteiger partial charge >= 0.3 is 6.09 Å². The monoisotopic (exact) mass is 452 g/mol. The van der Waals surface area contributed by atoms with E-state index in [1.165, 1.54) is 47.1 Å². The number of nitrogens with one attached hydrogen (secondary N) is 2. The SMILES string of the molecule is CSCC(=O)N[C@H]1OC(=O)N(c2ccc(C(=O)Nc3ccc(Cl)nc3)c(F)c2)C1C. The quantitative estimate of drug-likeness (QED) is 0.652. The summed E-state index contributed by atoms with van der Waals surface area (Å²) in [5, 5.41) is 5.40. The van der Waals surface area contributed by atoms with Gasteiger partial charge in [-0.05, 0) is 43.5 Å². The summed E-state index contributed by atoms with van der Waals surface area (Å²) in [6.45, 7) is 1.67. The lowest BCUT2D eigenvalue weighted by atomic mass is 10.1. The van der Waals surface area contributed by atoms with Gasteiger partial charge in [-0.25, -0.2) is 14.2 Å². The maximum Gasteiger partial charge on any atom is 0.416 e. The van der Waals surface area contributed by atoms with Gasteiger partial charge in [-0.1, -0.05) is 11.6 Å². The van der Waals surface area contributed by atoms with E-state index in [0.717, 1.165) is 6.07 Å². The zero-order valence-electron chi connectivity index (χ0n) is 16.0. The van der Waals surface area contributed by atoms with Crippen molar-refractivity contribution in [2.45, 2.75) is 19.2 Å². The van der Waals surface area contributed by atoms with Crippen LogP contribution in [0.3, 0.4) is 0 Å². The molecule has 0 spiro atoms. The van der Waals surface area contributed by atoms with Gasteiger partial charge < -0.3 is 15.4 Å². The number of anilines is 2. The van der Waals surface area contributed by atoms with Crippen molar-refractivity contribution in [3.05, 3.63) is 53.1 Å². The molecule has 2 atom stereocenters. The Morgan fingerprint density at radius 1 is 1.33 bits per heavy atom. The highest BCUT2D eigenvalue weighted by Crippen LogP contribution is 2.28. The number of amides is 3. The number of aromatic nitrogens is 1. The Hall–Kier alpha value is -2.85. The van der Waals surface area contributed by atoms with Gasteiger partial charge in [0, 0.05) is 0 Å². The third kappa shape index (κ3) is 4.82. The average Bonchev–Trinajstić information content (AvgIpc) is 2.96. The van der Waals surface area contributed by atoms with Crippen LogP contribution in [0.4, 0.5) is 20.6 Å². The third-order valence-electron chi connectivity index (χ3n) is 4.31. The molecule has 0 radical (unpaired) electrons. The van der Waals surface area contributed by atoms with Crippen molar-refractivity contribution in [1.82, 2.24) is 10.3 Å². The van der Waals surface area contributed by atoms with Gasteiger partial charge in [-0.2, -0.15) is 11.8 Å². The second kappa shape index (κ2) is 9.31. The van der Waals surface area contributed by atoms with Crippen molar-refractivity contribution < 1.29 is 23.5 Å². The first-order chi connectivity index (χ1) is 14.3. The number of halogens is 2. The summed E-state index contributed by atoms with van der Waals surface area (Å²) < 4.78 is 19.8. The Labute approximate surface area is 181 Å². The van der Waals surface area contributed by atoms with Crippen LogP contribution in [0.15, 0.2) is 36.5 Å². The molecule has 0 bridgehead atoms. The number of carbonyl (C=O) groups excluding carboxylic acids is 3. The van der Waals surface area contributed by atoms with E-state index < -0.39 is 30.1 Å². The van der Waals surface area contributed by atoms with E-state index in [-0.39, 0.29) is 28.1 Å². The fraction of sp³-hybridized carbons (Fsp3) is 0.263. The lowest BCUT2D eigenvalue weighted by Gasteiger charge is -2.21. The van der Waals surface area contributed by atoms with Crippen molar-refractivity contribution in [2.24, 2.45) is 0 Å². The Balaban J connectivity index is 1.74. The van der Waals surface area contributed by atoms with Crippen LogP contribution in [0.2, 0.25) is 5.15 Å². The van der Waals surface area contributed by atoms with Gasteiger partial charge in [-0.15, -0.1) is 0 Å². The molecule has 3 rings (SSSR count). The molecule has 1 aliphatic rings. The zero-order chi connectivity index (χ0) is 21.8. The van der Waals surface area contributed by atoms with Crippen LogP contribution >= 0.6 is 23.4 Å². The number of cyclic esters (lactones) is 1. The molecule has 1 unspecified atom stereocenters. The second-order valence-electron chi connectivity index (χ2n) is 6.40. The van der Waals surface area contributed by atoms with E-state index in [1.54, 1.807) is 13.2 Å². The molecule has 158 valence electrons. The zero-order valence-corrected chi connectivity index (χ0v) is 17.6. The van der Waals surface area contributed by atoms with Crippen LogP contribution in [0.1, 0.15) is 17.3 Å². The van der Waals surface area contributed by atoms with Crippen molar-refractivity contribution >= 4 is 52.6 Å². The largest absolute Gasteiger partial charge is 0.423 e. The molecule has 11 heteroatoms. The molecular formula is C19H18ClFN4O4S. The van der Waals surface area contributed by atoms with Gasteiger partial charge in [0.25, 0.3) is 5.91 Å². The smallest absolute Gasteiger partial charge is 0.416 e. The average molecular weight is 453 g/mol. The van der Waals surface area contributed by atoms with Crippen LogP contribution in [0.5, 0.6) is 0 Å². The van der Waals surface area contributed by atoms with Crippen LogP contribution in [-0.4, -0.2) is 47.2 Å². The molecular weight excluding hydrogens is 435 g/mol. The lowest BCUT2D eigenvalue weighted by molar-refractivity contribution is -0.121. The summed E-state index contributed by atoms with van der Waals surface area (Å²) in [4.78, 5) is 41.4. The number of ether oxygens (including phenoxy) is 1. The number of benzene rings is 1. The Bertz CT molecular complexity index is 976. The molecule has 30 heavy (non-hydrogen) atoms. The molecule has 1 aliphatic heterocycles. The summed E-state index contributed by atoms with van der Waals surface area (Å²) >= 11 is 7.03. The fourth-order valence-corrected chi connectivity index (χ4v) is 3.33. The topological polar surface area (TPSA) is 101 Å². The molecule has 2 N–H and O–H groups in total. The van der Waals surface area contributed by atoms with Crippen molar-refractivity contribution in [3.8, 4) is 0 Å². The molecule has 1 aromatic carbocycles. The lowest BCUT2D eigenvalue weighted by Crippen LogP contribution is -2.44. The fourth-order valence-electron chi connectivity index (χ4n) is 2.87. The number of pyridine rings is 1. The van der Waals surface area contributed by atoms with Crippen LogP contribution in [-0.2, 0) is 9.53 Å². The summed E-state index contributed by atoms with van der Waals surface area (Å²) in [6, 6.07) is 6.23. The molecule has 3 amide bonds. The third-order valence-corrected chi connectivity index (χ3v) is 5.08. The maximum atomic E-state index is 14.6. The highest BCUT2D eigenvalue weighted by atomic mass is 35.5. The van der Waals surface area contributed by atoms with Gasteiger partial charge in [0.2, 0.25) is 5.91 Å². The molecule has 1 saturated heterocycles. The van der Waals surface area contributed by atoms with E-state index in [9.17, 15) is 18.8 Å². The second-order valence-corrected chi connectivity index (χ2v) is 7.66. The number of carbonyl (C=O) groups is 3. The molecule has 2 heterocycles. The van der Waals surface area contributed by atoms with Crippen molar-refractivity contribution in [3.63, 3.8) is 0 Å². The van der Waals surface area contributed by atoms with Crippen LogP contribution in [0.25, 0.3) is 0 Å². The first kappa shape index (κ1) is 21.8. The number of rotatable bonds is 6. The van der Waals surface area contributed by atoms with Crippen molar-refractivity contribution in [2.75, 3.05) is 22.2 Å². The predicted molar refractivity (Wildman–Crippen MR) is 112 cm³/mol. The predicted octanol–water partition coefficient (Wildman–Crippen LogP) is 3.28. The molecule has 8 nitrogen and oxygen atoms in total. The van der Waals surface area contributed by atoms with Gasteiger partial charge in [-0.3, -0.25) is 14.5 Å².